The summed E-state index contributed by atoms with van der Waals surface area (Å²) in [7, 11) is 0. The zero-order chi connectivity index (χ0) is 12.5. The molecule has 4 nitrogen and oxygen atoms in total. The zero-order valence-corrected chi connectivity index (χ0v) is 10.00. The Hall–Kier alpha value is -1.42. The number of nitrogens with one attached hydrogen (secondary N) is 1. The second kappa shape index (κ2) is 4.45. The normalized spacial score (nSPS) is 17.2. The maximum absolute atomic E-state index is 11.9. The van der Waals surface area contributed by atoms with Gasteiger partial charge in [0.1, 0.15) is 11.5 Å². The first-order valence-electron chi connectivity index (χ1n) is 5.46. The van der Waals surface area contributed by atoms with Crippen LogP contribution in [0.15, 0.2) is 18.2 Å². The van der Waals surface area contributed by atoms with Gasteiger partial charge in [0.25, 0.3) is 5.91 Å². The summed E-state index contributed by atoms with van der Waals surface area (Å²) in [6, 6.07) is 3.81. The van der Waals surface area contributed by atoms with Gasteiger partial charge in [0.2, 0.25) is 0 Å². The first-order chi connectivity index (χ1) is 8.04. The Morgan fingerprint density at radius 1 is 1.29 bits per heavy atom. The highest BCUT2D eigenvalue weighted by molar-refractivity contribution is 6.19. The number of halogens is 1. The van der Waals surface area contributed by atoms with Crippen LogP contribution in [-0.4, -0.2) is 27.5 Å². The van der Waals surface area contributed by atoms with E-state index in [1.165, 1.54) is 18.2 Å². The van der Waals surface area contributed by atoms with Crippen LogP contribution in [0.5, 0.6) is 11.5 Å². The van der Waals surface area contributed by atoms with Crippen LogP contribution in [0.4, 0.5) is 0 Å². The minimum Gasteiger partial charge on any atom is -0.508 e. The summed E-state index contributed by atoms with van der Waals surface area (Å²) in [5, 5.41) is 21.5. The number of carbonyl (C=O) groups excluding carboxylic acids is 1. The van der Waals surface area contributed by atoms with E-state index in [9.17, 15) is 15.0 Å². The summed E-state index contributed by atoms with van der Waals surface area (Å²) in [6.07, 6.45) is 2.79. The molecule has 0 unspecified atom stereocenters. The molecule has 1 aliphatic carbocycles. The van der Waals surface area contributed by atoms with Crippen LogP contribution in [0.25, 0.3) is 0 Å². The van der Waals surface area contributed by atoms with E-state index in [0.29, 0.717) is 5.88 Å². The molecule has 1 amide bonds. The third kappa shape index (κ3) is 2.47. The fourth-order valence-corrected chi connectivity index (χ4v) is 2.27. The van der Waals surface area contributed by atoms with Crippen LogP contribution in [0.2, 0.25) is 0 Å². The van der Waals surface area contributed by atoms with Crippen molar-refractivity contribution < 1.29 is 15.0 Å². The van der Waals surface area contributed by atoms with Gasteiger partial charge in [0, 0.05) is 17.5 Å². The number of carbonyl (C=O) groups is 1. The van der Waals surface area contributed by atoms with E-state index < -0.39 is 0 Å². The SMILES string of the molecule is O=C(NC1(CCl)CCC1)c1cc(O)cc(O)c1. The smallest absolute Gasteiger partial charge is 0.252 e. The molecule has 17 heavy (non-hydrogen) atoms. The molecule has 3 N–H and O–H groups in total. The van der Waals surface area contributed by atoms with Gasteiger partial charge < -0.3 is 15.5 Å². The van der Waals surface area contributed by atoms with E-state index in [2.05, 4.69) is 5.32 Å². The topological polar surface area (TPSA) is 69.6 Å². The second-order valence-corrected chi connectivity index (χ2v) is 4.73. The molecule has 1 fully saturated rings. The van der Waals surface area contributed by atoms with Crippen molar-refractivity contribution in [3.63, 3.8) is 0 Å². The standard InChI is InChI=1S/C12H14ClNO3/c13-7-12(2-1-3-12)14-11(17)8-4-9(15)6-10(16)5-8/h4-6,15-16H,1-3,7H2,(H,14,17). The van der Waals surface area contributed by atoms with Crippen LogP contribution in [-0.2, 0) is 0 Å². The van der Waals surface area contributed by atoms with Gasteiger partial charge in [-0.1, -0.05) is 0 Å². The molecule has 0 spiro atoms. The Bertz CT molecular complexity index is 418. The average Bonchev–Trinajstić information content (AvgIpc) is 2.21. The fraction of sp³-hybridized carbons (Fsp3) is 0.417. The third-order valence-electron chi connectivity index (χ3n) is 3.11. The highest BCUT2D eigenvalue weighted by Gasteiger charge is 2.37. The van der Waals surface area contributed by atoms with Crippen molar-refractivity contribution in [1.29, 1.82) is 0 Å². The lowest BCUT2D eigenvalue weighted by Crippen LogP contribution is -2.55. The maximum atomic E-state index is 11.9. The monoisotopic (exact) mass is 255 g/mol. The molecule has 1 saturated carbocycles. The summed E-state index contributed by atoms with van der Waals surface area (Å²) in [5.41, 5.74) is -0.0846. The van der Waals surface area contributed by atoms with Crippen molar-refractivity contribution in [2.45, 2.75) is 24.8 Å². The Morgan fingerprint density at radius 3 is 2.29 bits per heavy atom. The fourth-order valence-electron chi connectivity index (χ4n) is 1.93. The van der Waals surface area contributed by atoms with Gasteiger partial charge in [0.05, 0.1) is 5.54 Å². The van der Waals surface area contributed by atoms with Crippen LogP contribution in [0, 0.1) is 0 Å². The first kappa shape index (κ1) is 12.0. The van der Waals surface area contributed by atoms with Crippen LogP contribution < -0.4 is 5.32 Å². The van der Waals surface area contributed by atoms with Crippen LogP contribution in [0.3, 0.4) is 0 Å². The summed E-state index contributed by atoms with van der Waals surface area (Å²) < 4.78 is 0. The number of rotatable bonds is 3. The summed E-state index contributed by atoms with van der Waals surface area (Å²) in [6.45, 7) is 0. The summed E-state index contributed by atoms with van der Waals surface area (Å²) in [5.74, 6) is -0.215. The lowest BCUT2D eigenvalue weighted by atomic mass is 9.78. The number of phenolic OH excluding ortho intramolecular Hbond substituents is 2. The second-order valence-electron chi connectivity index (χ2n) is 4.46. The highest BCUT2D eigenvalue weighted by atomic mass is 35.5. The number of aromatic hydroxyl groups is 2. The van der Waals surface area contributed by atoms with E-state index in [1.807, 2.05) is 0 Å². The molecule has 92 valence electrons. The van der Waals surface area contributed by atoms with Gasteiger partial charge in [0.15, 0.2) is 0 Å². The molecule has 0 aliphatic heterocycles. The number of hydrogen-bond donors (Lipinski definition) is 3. The molecule has 0 atom stereocenters. The molecule has 1 aliphatic rings. The lowest BCUT2D eigenvalue weighted by Gasteiger charge is -2.41. The molecule has 2 rings (SSSR count). The minimum atomic E-state index is -0.323. The van der Waals surface area contributed by atoms with Gasteiger partial charge in [-0.3, -0.25) is 4.79 Å². The largest absolute Gasteiger partial charge is 0.508 e. The lowest BCUT2D eigenvalue weighted by molar-refractivity contribution is 0.0853. The molecule has 0 radical (unpaired) electrons. The number of alkyl halides is 1. The molecule has 0 heterocycles. The van der Waals surface area contributed by atoms with E-state index in [4.69, 9.17) is 11.6 Å². The quantitative estimate of drug-likeness (QED) is 0.724. The van der Waals surface area contributed by atoms with Crippen molar-refractivity contribution in [2.75, 3.05) is 5.88 Å². The van der Waals surface area contributed by atoms with Crippen molar-refractivity contribution in [2.24, 2.45) is 0 Å². The first-order valence-corrected chi connectivity index (χ1v) is 6.00. The Morgan fingerprint density at radius 2 is 1.88 bits per heavy atom. The number of phenols is 2. The maximum Gasteiger partial charge on any atom is 0.252 e. The van der Waals surface area contributed by atoms with Crippen LogP contribution in [0.1, 0.15) is 29.6 Å². The highest BCUT2D eigenvalue weighted by Crippen LogP contribution is 2.33. The number of benzene rings is 1. The van der Waals surface area contributed by atoms with Crippen molar-refractivity contribution in [3.8, 4) is 11.5 Å². The number of hydrogen-bond acceptors (Lipinski definition) is 3. The van der Waals surface area contributed by atoms with E-state index in [0.717, 1.165) is 19.3 Å². The predicted molar refractivity (Wildman–Crippen MR) is 64.5 cm³/mol. The van der Waals surface area contributed by atoms with Crippen molar-refractivity contribution in [1.82, 2.24) is 5.32 Å². The molecule has 0 aromatic heterocycles. The molecule has 1 aromatic carbocycles. The van der Waals surface area contributed by atoms with Gasteiger partial charge in [-0.15, -0.1) is 11.6 Å². The molecule has 5 heteroatoms. The van der Waals surface area contributed by atoms with Gasteiger partial charge in [-0.2, -0.15) is 0 Å². The van der Waals surface area contributed by atoms with Gasteiger partial charge >= 0.3 is 0 Å². The molecular weight excluding hydrogens is 242 g/mol. The molecule has 0 bridgehead atoms. The van der Waals surface area contributed by atoms with Crippen LogP contribution >= 0.6 is 11.6 Å². The van der Waals surface area contributed by atoms with E-state index in [1.54, 1.807) is 0 Å². The van der Waals surface area contributed by atoms with E-state index >= 15 is 0 Å². The molecule has 1 aromatic rings. The average molecular weight is 256 g/mol. The Balaban J connectivity index is 2.14. The van der Waals surface area contributed by atoms with Gasteiger partial charge in [-0.05, 0) is 31.4 Å². The third-order valence-corrected chi connectivity index (χ3v) is 3.62. The Labute approximate surface area is 104 Å². The Kier molecular flexibility index (Phi) is 3.15. The molecule has 0 saturated heterocycles. The molecular formula is C12H14ClNO3. The minimum absolute atomic E-state index is 0.135. The zero-order valence-electron chi connectivity index (χ0n) is 9.24. The number of amides is 1. The van der Waals surface area contributed by atoms with Crippen molar-refractivity contribution >= 4 is 17.5 Å². The summed E-state index contributed by atoms with van der Waals surface area (Å²) >= 11 is 5.84. The predicted octanol–water partition coefficient (Wildman–Crippen LogP) is 1.99. The van der Waals surface area contributed by atoms with E-state index in [-0.39, 0.29) is 28.5 Å². The summed E-state index contributed by atoms with van der Waals surface area (Å²) in [4.78, 5) is 11.9. The van der Waals surface area contributed by atoms with Crippen molar-refractivity contribution in [3.05, 3.63) is 23.8 Å². The van der Waals surface area contributed by atoms with Gasteiger partial charge in [-0.25, -0.2) is 0 Å².